The summed E-state index contributed by atoms with van der Waals surface area (Å²) in [5, 5.41) is 2.92. The minimum absolute atomic E-state index is 0.0187. The van der Waals surface area contributed by atoms with E-state index in [4.69, 9.17) is 9.47 Å². The van der Waals surface area contributed by atoms with Crippen molar-refractivity contribution in [1.82, 2.24) is 5.32 Å². The molecule has 1 aliphatic rings. The van der Waals surface area contributed by atoms with Crippen molar-refractivity contribution >= 4 is 17.7 Å². The average Bonchev–Trinajstić information content (AvgIpc) is 3.05. The van der Waals surface area contributed by atoms with Gasteiger partial charge in [-0.15, -0.1) is 0 Å². The zero-order valence-corrected chi connectivity index (χ0v) is 14.0. The van der Waals surface area contributed by atoms with E-state index in [1.54, 1.807) is 11.8 Å². The summed E-state index contributed by atoms with van der Waals surface area (Å²) in [6.07, 6.45) is 5.41. The first-order chi connectivity index (χ1) is 10.8. The number of hydrogen-bond acceptors (Lipinski definition) is 4. The van der Waals surface area contributed by atoms with Gasteiger partial charge in [-0.3, -0.25) is 4.79 Å². The fourth-order valence-electron chi connectivity index (χ4n) is 2.39. The summed E-state index contributed by atoms with van der Waals surface area (Å²) in [5.74, 6) is 0.957. The molecular formula is C17H25NO3S. The molecule has 1 aromatic carbocycles. The Morgan fingerprint density at radius 1 is 1.41 bits per heavy atom. The molecule has 4 nitrogen and oxygen atoms in total. The molecule has 0 saturated carbocycles. The molecular weight excluding hydrogens is 298 g/mol. The quantitative estimate of drug-likeness (QED) is 0.710. The lowest BCUT2D eigenvalue weighted by Crippen LogP contribution is -2.25. The van der Waals surface area contributed by atoms with Gasteiger partial charge in [0.25, 0.3) is 5.91 Å². The van der Waals surface area contributed by atoms with Crippen molar-refractivity contribution in [3.8, 4) is 0 Å². The molecule has 5 heteroatoms. The third kappa shape index (κ3) is 5.99. The number of carbonyl (C=O) groups is 1. The lowest BCUT2D eigenvalue weighted by Gasteiger charge is -2.10. The molecule has 1 N–H and O–H groups in total. The molecule has 1 heterocycles. The predicted molar refractivity (Wildman–Crippen MR) is 90.4 cm³/mol. The summed E-state index contributed by atoms with van der Waals surface area (Å²) in [5.41, 5.74) is 1.96. The Morgan fingerprint density at radius 3 is 2.91 bits per heavy atom. The first kappa shape index (κ1) is 17.3. The summed E-state index contributed by atoms with van der Waals surface area (Å²) in [7, 11) is 0. The van der Waals surface area contributed by atoms with Crippen LogP contribution in [0.3, 0.4) is 0 Å². The van der Waals surface area contributed by atoms with Gasteiger partial charge in [-0.25, -0.2) is 0 Å². The predicted octanol–water partition coefficient (Wildman–Crippen LogP) is 2.87. The van der Waals surface area contributed by atoms with Crippen molar-refractivity contribution in [2.24, 2.45) is 0 Å². The highest BCUT2D eigenvalue weighted by molar-refractivity contribution is 7.97. The van der Waals surface area contributed by atoms with Gasteiger partial charge in [0.2, 0.25) is 0 Å². The molecule has 2 rings (SSSR count). The van der Waals surface area contributed by atoms with Crippen molar-refractivity contribution in [2.75, 3.05) is 32.6 Å². The van der Waals surface area contributed by atoms with Gasteiger partial charge in [-0.05, 0) is 43.2 Å². The van der Waals surface area contributed by atoms with E-state index in [0.29, 0.717) is 25.3 Å². The molecule has 122 valence electrons. The third-order valence-electron chi connectivity index (χ3n) is 3.61. The maximum absolute atomic E-state index is 12.0. The van der Waals surface area contributed by atoms with E-state index in [0.717, 1.165) is 31.6 Å². The maximum atomic E-state index is 12.0. The van der Waals surface area contributed by atoms with Crippen LogP contribution < -0.4 is 5.32 Å². The van der Waals surface area contributed by atoms with Gasteiger partial charge in [0, 0.05) is 31.1 Å². The zero-order chi connectivity index (χ0) is 15.6. The second-order valence-electron chi connectivity index (χ2n) is 5.45. The highest BCUT2D eigenvalue weighted by atomic mass is 32.2. The fourth-order valence-corrected chi connectivity index (χ4v) is 2.91. The van der Waals surface area contributed by atoms with Crippen LogP contribution in [0.4, 0.5) is 0 Å². The average molecular weight is 323 g/mol. The van der Waals surface area contributed by atoms with Gasteiger partial charge >= 0.3 is 0 Å². The van der Waals surface area contributed by atoms with E-state index < -0.39 is 0 Å². The van der Waals surface area contributed by atoms with E-state index >= 15 is 0 Å². The van der Waals surface area contributed by atoms with Crippen LogP contribution in [0.25, 0.3) is 0 Å². The molecule has 0 aromatic heterocycles. The Hall–Kier alpha value is -1.04. The van der Waals surface area contributed by atoms with Crippen LogP contribution in [-0.2, 0) is 15.2 Å². The molecule has 1 atom stereocenters. The zero-order valence-electron chi connectivity index (χ0n) is 13.2. The Morgan fingerprint density at radius 2 is 2.23 bits per heavy atom. The number of benzene rings is 1. The summed E-state index contributed by atoms with van der Waals surface area (Å²) in [6.45, 7) is 2.83. The number of carbonyl (C=O) groups excluding carboxylic acids is 1. The van der Waals surface area contributed by atoms with Crippen molar-refractivity contribution in [3.63, 3.8) is 0 Å². The van der Waals surface area contributed by atoms with Crippen molar-refractivity contribution < 1.29 is 14.3 Å². The standard InChI is InChI=1S/C17H25NO3S/c1-22-13-14-5-7-15(8-6-14)17(19)18-9-3-10-20-12-16-4-2-11-21-16/h5-8,16H,2-4,9-13H2,1H3,(H,18,19). The first-order valence-corrected chi connectivity index (χ1v) is 9.24. The minimum Gasteiger partial charge on any atom is -0.379 e. The fraction of sp³-hybridized carbons (Fsp3) is 0.588. The number of amides is 1. The highest BCUT2D eigenvalue weighted by Crippen LogP contribution is 2.12. The van der Waals surface area contributed by atoms with E-state index in [2.05, 4.69) is 11.6 Å². The Bertz CT molecular complexity index is 444. The van der Waals surface area contributed by atoms with Crippen molar-refractivity contribution in [1.29, 1.82) is 0 Å². The normalized spacial score (nSPS) is 17.6. The largest absolute Gasteiger partial charge is 0.379 e. The number of hydrogen-bond donors (Lipinski definition) is 1. The Kier molecular flexibility index (Phi) is 7.77. The molecule has 0 spiro atoms. The van der Waals surface area contributed by atoms with Crippen molar-refractivity contribution in [2.45, 2.75) is 31.1 Å². The molecule has 1 fully saturated rings. The third-order valence-corrected chi connectivity index (χ3v) is 4.23. The van der Waals surface area contributed by atoms with Crippen LogP contribution in [-0.4, -0.2) is 44.6 Å². The van der Waals surface area contributed by atoms with Gasteiger partial charge < -0.3 is 14.8 Å². The summed E-state index contributed by atoms with van der Waals surface area (Å²) < 4.78 is 11.1. The SMILES string of the molecule is CSCc1ccc(C(=O)NCCCOCC2CCCO2)cc1. The van der Waals surface area contributed by atoms with E-state index in [9.17, 15) is 4.79 Å². The van der Waals surface area contributed by atoms with Gasteiger partial charge in [0.1, 0.15) is 0 Å². The monoisotopic (exact) mass is 323 g/mol. The van der Waals surface area contributed by atoms with E-state index in [1.165, 1.54) is 5.56 Å². The lowest BCUT2D eigenvalue weighted by atomic mass is 10.1. The van der Waals surface area contributed by atoms with Gasteiger partial charge in [-0.1, -0.05) is 12.1 Å². The Labute approximate surface area is 137 Å². The Balaban J connectivity index is 1.56. The molecule has 1 aromatic rings. The molecule has 0 aliphatic carbocycles. The number of thioether (sulfide) groups is 1. The van der Waals surface area contributed by atoms with Crippen LogP contribution in [0.5, 0.6) is 0 Å². The van der Waals surface area contributed by atoms with Crippen LogP contribution >= 0.6 is 11.8 Å². The second-order valence-corrected chi connectivity index (χ2v) is 6.32. The van der Waals surface area contributed by atoms with Crippen LogP contribution in [0.1, 0.15) is 35.2 Å². The van der Waals surface area contributed by atoms with E-state index in [-0.39, 0.29) is 12.0 Å². The number of ether oxygens (including phenoxy) is 2. The molecule has 1 amide bonds. The topological polar surface area (TPSA) is 47.6 Å². The van der Waals surface area contributed by atoms with Crippen molar-refractivity contribution in [3.05, 3.63) is 35.4 Å². The smallest absolute Gasteiger partial charge is 0.251 e. The molecule has 0 bridgehead atoms. The minimum atomic E-state index is -0.0187. The van der Waals surface area contributed by atoms with Crippen LogP contribution in [0.2, 0.25) is 0 Å². The summed E-state index contributed by atoms with van der Waals surface area (Å²) in [4.78, 5) is 12.0. The second kappa shape index (κ2) is 9.87. The van der Waals surface area contributed by atoms with Gasteiger partial charge in [0.15, 0.2) is 0 Å². The highest BCUT2D eigenvalue weighted by Gasteiger charge is 2.14. The summed E-state index contributed by atoms with van der Waals surface area (Å²) in [6, 6.07) is 7.79. The van der Waals surface area contributed by atoms with Gasteiger partial charge in [0.05, 0.1) is 12.7 Å². The number of nitrogens with one attached hydrogen (secondary N) is 1. The molecule has 1 saturated heterocycles. The lowest BCUT2D eigenvalue weighted by molar-refractivity contribution is 0.0166. The summed E-state index contributed by atoms with van der Waals surface area (Å²) >= 11 is 1.78. The molecule has 22 heavy (non-hydrogen) atoms. The van der Waals surface area contributed by atoms with Crippen LogP contribution in [0, 0.1) is 0 Å². The van der Waals surface area contributed by atoms with Crippen LogP contribution in [0.15, 0.2) is 24.3 Å². The molecule has 1 aliphatic heterocycles. The molecule has 0 radical (unpaired) electrons. The van der Waals surface area contributed by atoms with E-state index in [1.807, 2.05) is 24.3 Å². The maximum Gasteiger partial charge on any atom is 0.251 e. The molecule has 1 unspecified atom stereocenters. The first-order valence-electron chi connectivity index (χ1n) is 7.85. The van der Waals surface area contributed by atoms with Gasteiger partial charge in [-0.2, -0.15) is 11.8 Å². The number of rotatable bonds is 9.